The molecule has 0 bridgehead atoms. The molecular formula is C56H78N2. The van der Waals surface area contributed by atoms with Crippen LogP contribution in [-0.2, 0) is 6.42 Å². The first-order chi connectivity index (χ1) is 27.3. The van der Waals surface area contributed by atoms with Gasteiger partial charge in [-0.1, -0.05) is 133 Å². The van der Waals surface area contributed by atoms with Gasteiger partial charge in [-0.15, -0.1) is 0 Å². The summed E-state index contributed by atoms with van der Waals surface area (Å²) in [7, 11) is 0. The molecular weight excluding hydrogens is 701 g/mol. The number of nitrogens with zero attached hydrogens (tertiary/aromatic N) is 2. The zero-order valence-electron chi connectivity index (χ0n) is 39.2. The summed E-state index contributed by atoms with van der Waals surface area (Å²) in [6.45, 7) is 37.0. The Morgan fingerprint density at radius 1 is 0.707 bits per heavy atom. The average Bonchev–Trinajstić information content (AvgIpc) is 3.99. The van der Waals surface area contributed by atoms with Crippen LogP contribution in [0.25, 0.3) is 0 Å². The fourth-order valence-corrected chi connectivity index (χ4v) is 8.01. The Balaban J connectivity index is 0.000000417. The van der Waals surface area contributed by atoms with Gasteiger partial charge in [0.15, 0.2) is 0 Å². The van der Waals surface area contributed by atoms with Gasteiger partial charge in [0.05, 0.1) is 0 Å². The van der Waals surface area contributed by atoms with Crippen molar-refractivity contribution in [3.8, 4) is 0 Å². The van der Waals surface area contributed by atoms with Gasteiger partial charge < -0.3 is 9.80 Å². The third-order valence-corrected chi connectivity index (χ3v) is 11.5. The largest absolute Gasteiger partial charge is 0.337 e. The number of allylic oxidation sites excluding steroid dienone is 3. The topological polar surface area (TPSA) is 6.48 Å². The first-order valence-electron chi connectivity index (χ1n) is 22.2. The molecule has 0 aromatic heterocycles. The lowest BCUT2D eigenvalue weighted by Gasteiger charge is -2.37. The van der Waals surface area contributed by atoms with E-state index in [1.165, 1.54) is 112 Å². The van der Waals surface area contributed by atoms with E-state index in [1.54, 1.807) is 0 Å². The number of benzene rings is 4. The molecule has 4 aromatic carbocycles. The maximum atomic E-state index is 4.37. The van der Waals surface area contributed by atoms with Crippen LogP contribution in [0, 0.1) is 50.4 Å². The van der Waals surface area contributed by atoms with Gasteiger partial charge in [-0.2, -0.15) is 0 Å². The van der Waals surface area contributed by atoms with Gasteiger partial charge in [0.25, 0.3) is 0 Å². The van der Waals surface area contributed by atoms with Gasteiger partial charge in [0.1, 0.15) is 0 Å². The summed E-state index contributed by atoms with van der Waals surface area (Å²) in [6.07, 6.45) is 11.4. The second kappa shape index (κ2) is 20.6. The number of unbranched alkanes of at least 4 members (excludes halogenated alkanes) is 2. The lowest BCUT2D eigenvalue weighted by Crippen LogP contribution is -2.27. The van der Waals surface area contributed by atoms with Crippen molar-refractivity contribution < 1.29 is 0 Å². The third kappa shape index (κ3) is 13.9. The maximum absolute atomic E-state index is 4.37. The fraction of sp³-hybridized carbons (Fsp3) is 0.464. The molecule has 1 unspecified atom stereocenters. The summed E-state index contributed by atoms with van der Waals surface area (Å²) in [5, 5.41) is 0. The van der Waals surface area contributed by atoms with Crippen LogP contribution in [0.2, 0.25) is 0 Å². The molecule has 0 amide bonds. The molecule has 1 saturated carbocycles. The number of aryl methyl sites for hydroxylation is 5. The average molecular weight is 779 g/mol. The Morgan fingerprint density at radius 2 is 1.28 bits per heavy atom. The lowest BCUT2D eigenvalue weighted by atomic mass is 9.68. The van der Waals surface area contributed by atoms with Gasteiger partial charge >= 0.3 is 0 Å². The van der Waals surface area contributed by atoms with Gasteiger partial charge in [0.2, 0.25) is 0 Å². The fourth-order valence-electron chi connectivity index (χ4n) is 8.01. The van der Waals surface area contributed by atoms with Gasteiger partial charge in [-0.05, 0) is 180 Å². The molecule has 1 atom stereocenters. The summed E-state index contributed by atoms with van der Waals surface area (Å²) < 4.78 is 0. The molecule has 2 nitrogen and oxygen atoms in total. The van der Waals surface area contributed by atoms with E-state index in [1.807, 2.05) is 0 Å². The molecule has 1 aliphatic rings. The van der Waals surface area contributed by atoms with E-state index in [2.05, 4.69) is 210 Å². The number of rotatable bonds is 15. The standard InChI is InChI=1S/C41H50N2.C15H28/c1-9-10-11-16-36-21-24-39(28-35(36)8)42(38-17-12-14-32(5)25-38)29-34(7)27-41(30(2)3)43(37-22-19-31(4)20-23-37)40-18-13-15-33(6)26-40;1-11(12-8-9-12)13(15(5,6)7)10-14(2,3)4/h12-15,17-28H,9-11,16,29H2,1-8H3;12-13H,1,8-10H2,2-7H3/b34-27-;. The van der Waals surface area contributed by atoms with Gasteiger partial charge in [-0.3, -0.25) is 0 Å². The summed E-state index contributed by atoms with van der Waals surface area (Å²) in [5.74, 6) is 1.53. The highest BCUT2D eigenvalue weighted by Crippen LogP contribution is 2.48. The van der Waals surface area contributed by atoms with Crippen molar-refractivity contribution in [3.63, 3.8) is 0 Å². The molecule has 2 heteroatoms. The van der Waals surface area contributed by atoms with E-state index in [9.17, 15) is 0 Å². The predicted octanol–water partition coefficient (Wildman–Crippen LogP) is 16.9. The van der Waals surface area contributed by atoms with Crippen LogP contribution in [0.15, 0.2) is 126 Å². The van der Waals surface area contributed by atoms with Crippen LogP contribution < -0.4 is 9.80 Å². The van der Waals surface area contributed by atoms with Crippen molar-refractivity contribution in [1.29, 1.82) is 0 Å². The summed E-state index contributed by atoms with van der Waals surface area (Å²) in [6, 6.07) is 33.6. The normalized spacial score (nSPS) is 13.7. The molecule has 0 radical (unpaired) electrons. The Bertz CT molecular complexity index is 2000. The molecule has 5 rings (SSSR count). The first kappa shape index (κ1) is 46.4. The highest BCUT2D eigenvalue weighted by atomic mass is 15.2. The molecule has 312 valence electrons. The van der Waals surface area contributed by atoms with E-state index in [4.69, 9.17) is 0 Å². The minimum atomic E-state index is 0.368. The zero-order chi connectivity index (χ0) is 42.8. The SMILES string of the molecule is C=C(C1CC1)C(CC(C)(C)C)C(C)(C)C.CCCCCc1ccc(N(C/C(C)=C\C(=C(C)C)N(c2ccc(C)cc2)c2cccc(C)c2)c2cccc(C)c2)cc1C. The monoisotopic (exact) mass is 779 g/mol. The third-order valence-electron chi connectivity index (χ3n) is 11.5. The number of anilines is 4. The van der Waals surface area contributed by atoms with Gasteiger partial charge in [0, 0.05) is 35.0 Å². The van der Waals surface area contributed by atoms with E-state index >= 15 is 0 Å². The molecule has 4 aromatic rings. The van der Waals surface area contributed by atoms with E-state index in [-0.39, 0.29) is 0 Å². The van der Waals surface area contributed by atoms with Crippen LogP contribution >= 0.6 is 0 Å². The second-order valence-electron chi connectivity index (χ2n) is 19.9. The molecule has 1 fully saturated rings. The van der Waals surface area contributed by atoms with Crippen molar-refractivity contribution in [3.05, 3.63) is 154 Å². The summed E-state index contributed by atoms with van der Waals surface area (Å²) in [4.78, 5) is 4.87. The van der Waals surface area contributed by atoms with Crippen molar-refractivity contribution in [2.75, 3.05) is 16.3 Å². The maximum Gasteiger partial charge on any atom is 0.0464 e. The minimum Gasteiger partial charge on any atom is -0.337 e. The second-order valence-corrected chi connectivity index (χ2v) is 19.9. The van der Waals surface area contributed by atoms with E-state index in [0.717, 1.165) is 18.9 Å². The minimum absolute atomic E-state index is 0.368. The van der Waals surface area contributed by atoms with Crippen LogP contribution in [-0.4, -0.2) is 6.54 Å². The highest BCUT2D eigenvalue weighted by Gasteiger charge is 2.37. The predicted molar refractivity (Wildman–Crippen MR) is 258 cm³/mol. The van der Waals surface area contributed by atoms with E-state index in [0.29, 0.717) is 16.7 Å². The molecule has 0 aliphatic heterocycles. The molecule has 0 spiro atoms. The molecule has 58 heavy (non-hydrogen) atoms. The summed E-state index contributed by atoms with van der Waals surface area (Å²) in [5.41, 5.74) is 17.5. The Labute approximate surface area is 356 Å². The van der Waals surface area contributed by atoms with Crippen molar-refractivity contribution in [2.45, 2.75) is 142 Å². The highest BCUT2D eigenvalue weighted by molar-refractivity contribution is 5.72. The van der Waals surface area contributed by atoms with Crippen LogP contribution in [0.1, 0.15) is 136 Å². The van der Waals surface area contributed by atoms with Crippen molar-refractivity contribution >= 4 is 22.7 Å². The quantitative estimate of drug-likeness (QED) is 0.0674. The molecule has 0 saturated heterocycles. The Kier molecular flexibility index (Phi) is 16.5. The molecule has 1 aliphatic carbocycles. The molecule has 0 heterocycles. The number of hydrogen-bond donors (Lipinski definition) is 0. The Morgan fingerprint density at radius 3 is 1.79 bits per heavy atom. The van der Waals surface area contributed by atoms with E-state index < -0.39 is 0 Å². The number of hydrogen-bond acceptors (Lipinski definition) is 2. The first-order valence-corrected chi connectivity index (χ1v) is 22.2. The zero-order valence-corrected chi connectivity index (χ0v) is 39.2. The van der Waals surface area contributed by atoms with Crippen molar-refractivity contribution in [1.82, 2.24) is 0 Å². The van der Waals surface area contributed by atoms with Crippen LogP contribution in [0.3, 0.4) is 0 Å². The smallest absolute Gasteiger partial charge is 0.0464 e. The van der Waals surface area contributed by atoms with Crippen LogP contribution in [0.4, 0.5) is 22.7 Å². The Hall–Kier alpha value is -4.30. The lowest BCUT2D eigenvalue weighted by molar-refractivity contribution is 0.191. The molecule has 0 N–H and O–H groups in total. The van der Waals surface area contributed by atoms with Gasteiger partial charge in [-0.25, -0.2) is 0 Å². The summed E-state index contributed by atoms with van der Waals surface area (Å²) >= 11 is 0. The van der Waals surface area contributed by atoms with Crippen molar-refractivity contribution in [2.24, 2.45) is 22.7 Å². The van der Waals surface area contributed by atoms with Crippen LogP contribution in [0.5, 0.6) is 0 Å².